The van der Waals surface area contributed by atoms with Crippen LogP contribution in [0.5, 0.6) is 0 Å². The Morgan fingerprint density at radius 1 is 0.566 bits per heavy atom. The molecule has 0 radical (unpaired) electrons. The highest BCUT2D eigenvalue weighted by molar-refractivity contribution is 7.25. The first-order valence-electron chi connectivity index (χ1n) is 24.9. The van der Waals surface area contributed by atoms with Crippen molar-refractivity contribution in [2.45, 2.75) is 25.0 Å². The SMILES string of the molecule is [2H]c1c([2H])c([2H])c2c(c1[2H])-c1c([2H])c([2H])c3c(c1C2c1nc(-c2ccc(-c4ccccc4)cc2)nc(-c2ccc4c(c2)sc2ccccc24)n1)C(C([2H])([2H])[2H])(C([2H])([2H])[2H])c1c([2H])c([2H])c([2H])c([2H])c1-3. The third kappa shape index (κ3) is 4.55. The molecule has 0 saturated heterocycles. The number of aromatic nitrogens is 3. The lowest BCUT2D eigenvalue weighted by Gasteiger charge is -2.26. The summed E-state index contributed by atoms with van der Waals surface area (Å²) >= 11 is 1.55. The molecule has 250 valence electrons. The molecular formula is C49H33N3S. The van der Waals surface area contributed by atoms with Crippen LogP contribution in [0.1, 0.15) is 69.6 Å². The van der Waals surface area contributed by atoms with Gasteiger partial charge in [-0.1, -0.05) is 159 Å². The highest BCUT2D eigenvalue weighted by Gasteiger charge is 2.44. The summed E-state index contributed by atoms with van der Waals surface area (Å²) in [6.07, 6.45) is 0. The van der Waals surface area contributed by atoms with Gasteiger partial charge < -0.3 is 0 Å². The summed E-state index contributed by atoms with van der Waals surface area (Å²) in [5.74, 6) is -1.72. The van der Waals surface area contributed by atoms with Crippen LogP contribution in [-0.4, -0.2) is 15.0 Å². The van der Waals surface area contributed by atoms with Gasteiger partial charge in [0.1, 0.15) is 5.82 Å². The van der Waals surface area contributed by atoms with Gasteiger partial charge in [0, 0.05) is 44.9 Å². The van der Waals surface area contributed by atoms with E-state index in [2.05, 4.69) is 0 Å². The minimum atomic E-state index is -3.66. The fourth-order valence-electron chi connectivity index (χ4n) is 7.71. The molecule has 0 aliphatic heterocycles. The normalized spacial score (nSPS) is 19.7. The maximum atomic E-state index is 9.62. The smallest absolute Gasteiger partial charge is 0.163 e. The van der Waals surface area contributed by atoms with E-state index in [1.807, 2.05) is 84.9 Å². The van der Waals surface area contributed by atoms with E-state index in [9.17, 15) is 13.7 Å². The third-order valence-corrected chi connectivity index (χ3v) is 11.3. The summed E-state index contributed by atoms with van der Waals surface area (Å²) in [5.41, 5.74) is -4.31. The summed E-state index contributed by atoms with van der Waals surface area (Å²) in [7, 11) is 0. The lowest BCUT2D eigenvalue weighted by molar-refractivity contribution is 0.648. The number of hydrogen-bond donors (Lipinski definition) is 0. The van der Waals surface area contributed by atoms with Crippen LogP contribution >= 0.6 is 11.3 Å². The first kappa shape index (κ1) is 18.5. The molecule has 9 aromatic rings. The van der Waals surface area contributed by atoms with Crippen LogP contribution in [0.15, 0.2) is 157 Å². The second-order valence-electron chi connectivity index (χ2n) is 13.1. The number of fused-ring (bicyclic) bond motifs is 10. The summed E-state index contributed by atoms with van der Waals surface area (Å²) < 4.78 is 148. The van der Waals surface area contributed by atoms with E-state index in [-0.39, 0.29) is 39.7 Å². The maximum absolute atomic E-state index is 9.62. The quantitative estimate of drug-likeness (QED) is 0.182. The van der Waals surface area contributed by atoms with Gasteiger partial charge in [-0.05, 0) is 67.8 Å². The summed E-state index contributed by atoms with van der Waals surface area (Å²) in [6, 6.07) is 22.8. The highest BCUT2D eigenvalue weighted by atomic mass is 32.1. The molecule has 53 heavy (non-hydrogen) atoms. The van der Waals surface area contributed by atoms with Gasteiger partial charge in [0.15, 0.2) is 11.6 Å². The molecule has 0 saturated carbocycles. The predicted octanol–water partition coefficient (Wildman–Crippen LogP) is 12.7. The molecule has 0 N–H and O–H groups in total. The zero-order chi connectivity index (χ0) is 49.0. The minimum Gasteiger partial charge on any atom is -0.212 e. The summed E-state index contributed by atoms with van der Waals surface area (Å²) in [4.78, 5) is 15.0. The van der Waals surface area contributed by atoms with E-state index in [1.165, 1.54) is 0 Å². The molecule has 2 aliphatic carbocycles. The van der Waals surface area contributed by atoms with E-state index in [4.69, 9.17) is 23.2 Å². The van der Waals surface area contributed by atoms with E-state index >= 15 is 0 Å². The van der Waals surface area contributed by atoms with Crippen molar-refractivity contribution in [1.82, 2.24) is 15.0 Å². The van der Waals surface area contributed by atoms with Gasteiger partial charge in [-0.2, -0.15) is 0 Å². The van der Waals surface area contributed by atoms with Crippen molar-refractivity contribution >= 4 is 31.5 Å². The molecule has 0 amide bonds. The van der Waals surface area contributed by atoms with Crippen LogP contribution in [-0.2, 0) is 5.41 Å². The Bertz CT molecular complexity index is 3700. The van der Waals surface area contributed by atoms with Crippen LogP contribution in [0.2, 0.25) is 0 Å². The van der Waals surface area contributed by atoms with Gasteiger partial charge in [-0.15, -0.1) is 11.3 Å². The Morgan fingerprint density at radius 3 is 2.08 bits per heavy atom. The van der Waals surface area contributed by atoms with Crippen LogP contribution in [0.25, 0.3) is 76.3 Å². The molecule has 7 aromatic carbocycles. The van der Waals surface area contributed by atoms with Gasteiger partial charge in [0.25, 0.3) is 0 Å². The average molecular weight is 712 g/mol. The molecule has 0 bridgehead atoms. The Labute approximate surface area is 334 Å². The first-order chi connectivity index (χ1) is 32.7. The molecule has 2 aliphatic rings. The molecule has 2 aromatic heterocycles. The van der Waals surface area contributed by atoms with Gasteiger partial charge >= 0.3 is 0 Å². The minimum absolute atomic E-state index is 0.0857. The van der Waals surface area contributed by atoms with Gasteiger partial charge in [-0.3, -0.25) is 0 Å². The molecule has 1 atom stereocenters. The van der Waals surface area contributed by atoms with Crippen LogP contribution in [0, 0.1) is 0 Å². The fraction of sp³-hybridized carbons (Fsp3) is 0.0816. The third-order valence-electron chi connectivity index (χ3n) is 10.1. The molecule has 0 fully saturated rings. The van der Waals surface area contributed by atoms with Crippen molar-refractivity contribution in [3.63, 3.8) is 0 Å². The monoisotopic (exact) mass is 711 g/mol. The Morgan fingerprint density at radius 2 is 1.23 bits per heavy atom. The highest BCUT2D eigenvalue weighted by Crippen LogP contribution is 2.58. The molecule has 11 rings (SSSR count). The van der Waals surface area contributed by atoms with E-state index < -0.39 is 108 Å². The van der Waals surface area contributed by atoms with Crippen molar-refractivity contribution in [3.05, 3.63) is 186 Å². The lowest BCUT2D eigenvalue weighted by atomic mass is 9.77. The zero-order valence-electron chi connectivity index (χ0n) is 43.6. The molecule has 3 nitrogen and oxygen atoms in total. The fourth-order valence-corrected chi connectivity index (χ4v) is 8.85. The lowest BCUT2D eigenvalue weighted by Crippen LogP contribution is -2.19. The summed E-state index contributed by atoms with van der Waals surface area (Å²) in [5, 5.41) is 2.01. The van der Waals surface area contributed by atoms with E-state index in [0.717, 1.165) is 31.3 Å². The number of rotatable bonds is 4. The Balaban J connectivity index is 1.29. The Kier molecular flexibility index (Phi) is 3.97. The van der Waals surface area contributed by atoms with Crippen LogP contribution in [0.3, 0.4) is 0 Å². The standard InChI is InChI=1S/C49H33N3S/c1-49(2)40-18-10-8-15-34(40)39-27-26-38-33-14-6-7-17-37(33)44(43(38)45(39)49)48-51-46(31-22-20-30(21-23-31)29-12-4-3-5-13-29)50-47(52-48)32-24-25-36-35-16-9-11-19-41(35)53-42(36)28-32/h3-28,44H,1-2H3/i1D3,2D3,6D,7D,8D,10D,14D,15D,17D,18D,26D,27D. The van der Waals surface area contributed by atoms with Crippen molar-refractivity contribution in [1.29, 1.82) is 0 Å². The summed E-state index contributed by atoms with van der Waals surface area (Å²) in [6.45, 7) is -7.33. The second kappa shape index (κ2) is 11.4. The molecule has 0 spiro atoms. The van der Waals surface area contributed by atoms with Crippen molar-refractivity contribution < 1.29 is 21.9 Å². The number of benzene rings is 7. The molecule has 1 unspecified atom stereocenters. The van der Waals surface area contributed by atoms with Crippen LogP contribution < -0.4 is 0 Å². The van der Waals surface area contributed by atoms with Gasteiger partial charge in [0.05, 0.1) is 19.6 Å². The Hall–Kier alpha value is -6.23. The second-order valence-corrected chi connectivity index (χ2v) is 14.2. The number of nitrogens with zero attached hydrogens (tertiary/aromatic N) is 3. The average Bonchev–Trinajstić information content (AvgIpc) is 4.00. The van der Waals surface area contributed by atoms with Gasteiger partial charge in [0.2, 0.25) is 0 Å². The largest absolute Gasteiger partial charge is 0.212 e. The van der Waals surface area contributed by atoms with E-state index in [0.29, 0.717) is 11.1 Å². The topological polar surface area (TPSA) is 38.7 Å². The van der Waals surface area contributed by atoms with Gasteiger partial charge in [-0.25, -0.2) is 15.0 Å². The van der Waals surface area contributed by atoms with Crippen LogP contribution in [0.4, 0.5) is 0 Å². The molecular weight excluding hydrogens is 663 g/mol. The maximum Gasteiger partial charge on any atom is 0.163 e. The van der Waals surface area contributed by atoms with Crippen molar-refractivity contribution in [3.8, 4) is 56.2 Å². The first-order valence-corrected chi connectivity index (χ1v) is 17.7. The molecule has 4 heteroatoms. The van der Waals surface area contributed by atoms with Crippen molar-refractivity contribution in [2.24, 2.45) is 0 Å². The van der Waals surface area contributed by atoms with E-state index in [1.54, 1.807) is 23.5 Å². The zero-order valence-corrected chi connectivity index (χ0v) is 28.4. The van der Waals surface area contributed by atoms with Crippen molar-refractivity contribution in [2.75, 3.05) is 0 Å². The number of hydrogen-bond acceptors (Lipinski definition) is 4. The predicted molar refractivity (Wildman–Crippen MR) is 219 cm³/mol. The molecule has 2 heterocycles. The number of thiophene rings is 1.